The molecule has 1 aromatic carbocycles. The van der Waals surface area contributed by atoms with Crippen molar-refractivity contribution < 1.29 is 4.74 Å². The highest BCUT2D eigenvalue weighted by molar-refractivity contribution is 6.32. The molecule has 2 nitrogen and oxygen atoms in total. The summed E-state index contributed by atoms with van der Waals surface area (Å²) >= 11 is 6.13. The molecule has 1 unspecified atom stereocenters. The van der Waals surface area contributed by atoms with E-state index in [2.05, 4.69) is 25.2 Å². The highest BCUT2D eigenvalue weighted by atomic mass is 35.5. The highest BCUT2D eigenvalue weighted by Crippen LogP contribution is 2.27. The molecule has 0 bridgehead atoms. The van der Waals surface area contributed by atoms with Gasteiger partial charge in [0.05, 0.1) is 12.1 Å². The van der Waals surface area contributed by atoms with E-state index in [9.17, 15) is 0 Å². The zero-order valence-corrected chi connectivity index (χ0v) is 11.8. The van der Waals surface area contributed by atoms with E-state index in [1.54, 1.807) is 7.11 Å². The minimum absolute atomic E-state index is 0.629. The third-order valence-corrected chi connectivity index (χ3v) is 3.42. The summed E-state index contributed by atoms with van der Waals surface area (Å²) in [6, 6.07) is 6.04. The van der Waals surface area contributed by atoms with Crippen LogP contribution in [0.25, 0.3) is 0 Å². The normalized spacial score (nSPS) is 12.8. The van der Waals surface area contributed by atoms with E-state index in [0.717, 1.165) is 18.7 Å². The van der Waals surface area contributed by atoms with Crippen molar-refractivity contribution >= 4 is 11.6 Å². The first-order valence-electron chi connectivity index (χ1n) is 6.05. The van der Waals surface area contributed by atoms with E-state index in [4.69, 9.17) is 16.3 Å². The van der Waals surface area contributed by atoms with Crippen LogP contribution in [0, 0.1) is 11.8 Å². The van der Waals surface area contributed by atoms with Crippen molar-refractivity contribution in [3.8, 4) is 5.75 Å². The molecule has 0 spiro atoms. The zero-order valence-electron chi connectivity index (χ0n) is 11.1. The van der Waals surface area contributed by atoms with Crippen LogP contribution >= 0.6 is 11.6 Å². The second kappa shape index (κ2) is 6.87. The lowest BCUT2D eigenvalue weighted by Gasteiger charge is -2.20. The van der Waals surface area contributed by atoms with E-state index in [-0.39, 0.29) is 0 Å². The maximum atomic E-state index is 6.13. The number of ether oxygens (including phenoxy) is 1. The summed E-state index contributed by atoms with van der Waals surface area (Å²) in [6.45, 7) is 5.54. The van der Waals surface area contributed by atoms with Crippen molar-refractivity contribution in [3.63, 3.8) is 0 Å². The summed E-state index contributed by atoms with van der Waals surface area (Å²) in [4.78, 5) is 0. The number of methoxy groups -OCH3 is 1. The SMILES string of the molecule is CNCC(Cc1ccc(OC)c(Cl)c1)C(C)C. The van der Waals surface area contributed by atoms with Crippen molar-refractivity contribution in [1.82, 2.24) is 5.32 Å². The molecule has 1 N–H and O–H groups in total. The highest BCUT2D eigenvalue weighted by Gasteiger charge is 2.14. The quantitative estimate of drug-likeness (QED) is 0.842. The van der Waals surface area contributed by atoms with Crippen LogP contribution in [0.15, 0.2) is 18.2 Å². The molecule has 1 atom stereocenters. The van der Waals surface area contributed by atoms with E-state index in [1.165, 1.54) is 5.56 Å². The van der Waals surface area contributed by atoms with Crippen LogP contribution in [0.5, 0.6) is 5.75 Å². The fourth-order valence-corrected chi connectivity index (χ4v) is 2.23. The minimum Gasteiger partial charge on any atom is -0.495 e. The van der Waals surface area contributed by atoms with Gasteiger partial charge in [-0.05, 0) is 49.5 Å². The summed E-state index contributed by atoms with van der Waals surface area (Å²) < 4.78 is 5.16. The summed E-state index contributed by atoms with van der Waals surface area (Å²) in [5.41, 5.74) is 1.27. The Bertz CT molecular complexity index is 352. The van der Waals surface area contributed by atoms with Gasteiger partial charge in [0.2, 0.25) is 0 Å². The molecule has 0 fully saturated rings. The van der Waals surface area contributed by atoms with Crippen LogP contribution in [-0.4, -0.2) is 20.7 Å². The van der Waals surface area contributed by atoms with Crippen molar-refractivity contribution in [2.45, 2.75) is 20.3 Å². The van der Waals surface area contributed by atoms with Crippen LogP contribution in [0.4, 0.5) is 0 Å². The molecule has 0 heterocycles. The van der Waals surface area contributed by atoms with Crippen LogP contribution in [0.3, 0.4) is 0 Å². The van der Waals surface area contributed by atoms with Gasteiger partial charge in [-0.1, -0.05) is 31.5 Å². The summed E-state index contributed by atoms with van der Waals surface area (Å²) in [5, 5.41) is 3.94. The van der Waals surface area contributed by atoms with Gasteiger partial charge in [-0.3, -0.25) is 0 Å². The monoisotopic (exact) mass is 255 g/mol. The van der Waals surface area contributed by atoms with Crippen LogP contribution in [-0.2, 0) is 6.42 Å². The first kappa shape index (κ1) is 14.3. The molecule has 17 heavy (non-hydrogen) atoms. The third-order valence-electron chi connectivity index (χ3n) is 3.12. The largest absolute Gasteiger partial charge is 0.495 e. The zero-order chi connectivity index (χ0) is 12.8. The molecule has 0 aliphatic rings. The average Bonchev–Trinajstić information content (AvgIpc) is 2.28. The number of nitrogens with one attached hydrogen (secondary N) is 1. The molecule has 3 heteroatoms. The van der Waals surface area contributed by atoms with Gasteiger partial charge in [-0.2, -0.15) is 0 Å². The maximum absolute atomic E-state index is 6.13. The Morgan fingerprint density at radius 2 is 2.06 bits per heavy atom. The fourth-order valence-electron chi connectivity index (χ4n) is 1.95. The van der Waals surface area contributed by atoms with Gasteiger partial charge in [0.25, 0.3) is 0 Å². The Labute approximate surface area is 109 Å². The summed E-state index contributed by atoms with van der Waals surface area (Å²) in [5.74, 6) is 2.03. The molecular weight excluding hydrogens is 234 g/mol. The van der Waals surface area contributed by atoms with Crippen LogP contribution in [0.2, 0.25) is 5.02 Å². The van der Waals surface area contributed by atoms with Gasteiger partial charge in [-0.25, -0.2) is 0 Å². The fraction of sp³-hybridized carbons (Fsp3) is 0.571. The van der Waals surface area contributed by atoms with Gasteiger partial charge in [0.1, 0.15) is 5.75 Å². The van der Waals surface area contributed by atoms with Gasteiger partial charge in [0.15, 0.2) is 0 Å². The Balaban J connectivity index is 2.76. The number of rotatable bonds is 6. The van der Waals surface area contributed by atoms with Crippen LogP contribution in [0.1, 0.15) is 19.4 Å². The van der Waals surface area contributed by atoms with Gasteiger partial charge < -0.3 is 10.1 Å². The Kier molecular flexibility index (Phi) is 5.79. The predicted octanol–water partition coefficient (Wildman–Crippen LogP) is 3.38. The lowest BCUT2D eigenvalue weighted by atomic mass is 9.89. The second-order valence-corrected chi connectivity index (χ2v) is 5.14. The van der Waals surface area contributed by atoms with Crippen molar-refractivity contribution in [2.75, 3.05) is 20.7 Å². The third kappa shape index (κ3) is 4.21. The van der Waals surface area contributed by atoms with Gasteiger partial charge in [-0.15, -0.1) is 0 Å². The molecule has 0 saturated heterocycles. The standard InChI is InChI=1S/C14H22ClNO/c1-10(2)12(9-16-3)7-11-5-6-14(17-4)13(15)8-11/h5-6,8,10,12,16H,7,9H2,1-4H3. The number of hydrogen-bond donors (Lipinski definition) is 1. The molecule has 0 aliphatic carbocycles. The molecule has 0 saturated carbocycles. The van der Waals surface area contributed by atoms with E-state index in [1.807, 2.05) is 19.2 Å². The molecule has 0 amide bonds. The molecule has 1 rings (SSSR count). The first-order valence-corrected chi connectivity index (χ1v) is 6.43. The molecular formula is C14H22ClNO. The lowest BCUT2D eigenvalue weighted by Crippen LogP contribution is -2.25. The number of halogens is 1. The predicted molar refractivity (Wildman–Crippen MR) is 74.0 cm³/mol. The molecule has 0 radical (unpaired) electrons. The number of hydrogen-bond acceptors (Lipinski definition) is 2. The van der Waals surface area contributed by atoms with E-state index >= 15 is 0 Å². The molecule has 0 aliphatic heterocycles. The van der Waals surface area contributed by atoms with Crippen molar-refractivity contribution in [1.29, 1.82) is 0 Å². The lowest BCUT2D eigenvalue weighted by molar-refractivity contribution is 0.370. The Morgan fingerprint density at radius 3 is 2.53 bits per heavy atom. The maximum Gasteiger partial charge on any atom is 0.137 e. The average molecular weight is 256 g/mol. The van der Waals surface area contributed by atoms with E-state index in [0.29, 0.717) is 16.9 Å². The first-order chi connectivity index (χ1) is 8.08. The Hall–Kier alpha value is -0.730. The molecule has 0 aromatic heterocycles. The topological polar surface area (TPSA) is 21.3 Å². The number of benzene rings is 1. The Morgan fingerprint density at radius 1 is 1.35 bits per heavy atom. The summed E-state index contributed by atoms with van der Waals surface area (Å²) in [7, 11) is 3.63. The van der Waals surface area contributed by atoms with Gasteiger partial charge in [0, 0.05) is 0 Å². The smallest absolute Gasteiger partial charge is 0.137 e. The summed E-state index contributed by atoms with van der Waals surface area (Å²) in [6.07, 6.45) is 1.04. The molecule has 1 aromatic rings. The van der Waals surface area contributed by atoms with Crippen molar-refractivity contribution in [2.24, 2.45) is 11.8 Å². The molecule has 96 valence electrons. The van der Waals surface area contributed by atoms with Crippen molar-refractivity contribution in [3.05, 3.63) is 28.8 Å². The van der Waals surface area contributed by atoms with Gasteiger partial charge >= 0.3 is 0 Å². The van der Waals surface area contributed by atoms with Crippen LogP contribution < -0.4 is 10.1 Å². The minimum atomic E-state index is 0.629. The second-order valence-electron chi connectivity index (χ2n) is 4.73. The van der Waals surface area contributed by atoms with E-state index < -0.39 is 0 Å².